The average molecular weight is 339 g/mol. The van der Waals surface area contributed by atoms with Gasteiger partial charge in [-0.1, -0.05) is 42.5 Å². The quantitative estimate of drug-likeness (QED) is 0.775. The molecule has 0 aliphatic heterocycles. The van der Waals surface area contributed by atoms with Crippen molar-refractivity contribution in [2.45, 2.75) is 31.9 Å². The Kier molecular flexibility index (Phi) is 5.33. The number of aliphatic carboxylic acids is 1. The molecule has 130 valence electrons. The number of amides is 1. The fraction of sp³-hybridized carbons (Fsp3) is 0.300. The van der Waals surface area contributed by atoms with Crippen LogP contribution >= 0.6 is 0 Å². The highest BCUT2D eigenvalue weighted by Crippen LogP contribution is 2.29. The van der Waals surface area contributed by atoms with Gasteiger partial charge in [0.2, 0.25) is 5.91 Å². The van der Waals surface area contributed by atoms with E-state index in [1.165, 1.54) is 0 Å². The number of ether oxygens (including phenoxy) is 1. The Bertz CT molecular complexity index is 723. The van der Waals surface area contributed by atoms with Crippen LogP contribution in [0.3, 0.4) is 0 Å². The van der Waals surface area contributed by atoms with Crippen LogP contribution in [0.2, 0.25) is 0 Å². The van der Waals surface area contributed by atoms with Gasteiger partial charge in [-0.15, -0.1) is 0 Å². The molecule has 1 saturated carbocycles. The fourth-order valence-electron chi connectivity index (χ4n) is 2.53. The first-order valence-corrected chi connectivity index (χ1v) is 8.40. The van der Waals surface area contributed by atoms with Gasteiger partial charge in [-0.25, -0.2) is 4.79 Å². The van der Waals surface area contributed by atoms with Gasteiger partial charge in [-0.05, 0) is 36.1 Å². The lowest BCUT2D eigenvalue weighted by Crippen LogP contribution is -2.43. The van der Waals surface area contributed by atoms with Gasteiger partial charge < -0.3 is 15.2 Å². The van der Waals surface area contributed by atoms with Gasteiger partial charge in [0.15, 0.2) is 0 Å². The molecule has 1 aliphatic carbocycles. The second-order valence-corrected chi connectivity index (χ2v) is 6.30. The summed E-state index contributed by atoms with van der Waals surface area (Å²) in [5, 5.41) is 11.9. The summed E-state index contributed by atoms with van der Waals surface area (Å²) in [6.45, 7) is 0.482. The van der Waals surface area contributed by atoms with E-state index in [1.54, 1.807) is 0 Å². The number of carbonyl (C=O) groups is 2. The molecule has 0 saturated heterocycles. The van der Waals surface area contributed by atoms with Crippen LogP contribution in [0, 0.1) is 5.92 Å². The van der Waals surface area contributed by atoms with Gasteiger partial charge in [0.05, 0.1) is 0 Å². The molecule has 25 heavy (non-hydrogen) atoms. The van der Waals surface area contributed by atoms with E-state index in [1.807, 2.05) is 54.6 Å². The SMILES string of the molecule is O=C(N[C@H](Cc1ccc(OCc2ccccc2)cc1)C(=O)O)C1CC1. The lowest BCUT2D eigenvalue weighted by atomic mass is 10.1. The van der Waals surface area contributed by atoms with E-state index < -0.39 is 12.0 Å². The molecule has 0 spiro atoms. The minimum Gasteiger partial charge on any atom is -0.489 e. The molecule has 1 atom stereocenters. The number of benzene rings is 2. The van der Waals surface area contributed by atoms with Crippen LogP contribution in [-0.2, 0) is 22.6 Å². The highest BCUT2D eigenvalue weighted by molar-refractivity contribution is 5.86. The van der Waals surface area contributed by atoms with E-state index in [0.29, 0.717) is 6.61 Å². The van der Waals surface area contributed by atoms with Gasteiger partial charge in [0, 0.05) is 12.3 Å². The number of carboxylic acid groups (broad SMARTS) is 1. The van der Waals surface area contributed by atoms with Crippen LogP contribution in [-0.4, -0.2) is 23.0 Å². The monoisotopic (exact) mass is 339 g/mol. The molecule has 0 aromatic heterocycles. The molecule has 2 aromatic carbocycles. The standard InChI is InChI=1S/C20H21NO4/c22-19(16-8-9-16)21-18(20(23)24)12-14-6-10-17(11-7-14)25-13-15-4-2-1-3-5-15/h1-7,10-11,16,18H,8-9,12-13H2,(H,21,22)(H,23,24)/t18-/m1/s1. The van der Waals surface area contributed by atoms with Gasteiger partial charge in [0.25, 0.3) is 0 Å². The molecule has 2 aromatic rings. The van der Waals surface area contributed by atoms with Crippen molar-refractivity contribution in [3.63, 3.8) is 0 Å². The van der Waals surface area contributed by atoms with Crippen molar-refractivity contribution < 1.29 is 19.4 Å². The third kappa shape index (κ3) is 5.08. The minimum atomic E-state index is -1.02. The van der Waals surface area contributed by atoms with Crippen LogP contribution in [0.15, 0.2) is 54.6 Å². The van der Waals surface area contributed by atoms with Crippen LogP contribution in [0.4, 0.5) is 0 Å². The maximum Gasteiger partial charge on any atom is 0.326 e. The molecule has 0 radical (unpaired) electrons. The largest absolute Gasteiger partial charge is 0.489 e. The first-order chi connectivity index (χ1) is 12.1. The zero-order valence-electron chi connectivity index (χ0n) is 13.9. The molecule has 0 bridgehead atoms. The summed E-state index contributed by atoms with van der Waals surface area (Å²) in [6.07, 6.45) is 1.96. The predicted molar refractivity (Wildman–Crippen MR) is 93.2 cm³/mol. The molecule has 5 nitrogen and oxygen atoms in total. The molecule has 1 amide bonds. The number of rotatable bonds is 8. The summed E-state index contributed by atoms with van der Waals surface area (Å²) in [5.41, 5.74) is 1.93. The van der Waals surface area contributed by atoms with Crippen molar-refractivity contribution in [1.82, 2.24) is 5.32 Å². The fourth-order valence-corrected chi connectivity index (χ4v) is 2.53. The topological polar surface area (TPSA) is 75.6 Å². The Balaban J connectivity index is 1.55. The van der Waals surface area contributed by atoms with Crippen molar-refractivity contribution in [3.8, 4) is 5.75 Å². The lowest BCUT2D eigenvalue weighted by molar-refractivity contribution is -0.142. The van der Waals surface area contributed by atoms with Crippen LogP contribution in [0.25, 0.3) is 0 Å². The average Bonchev–Trinajstić information content (AvgIpc) is 3.46. The Labute approximate surface area is 146 Å². The zero-order chi connectivity index (χ0) is 17.6. The molecule has 0 heterocycles. The number of hydrogen-bond acceptors (Lipinski definition) is 3. The third-order valence-electron chi connectivity index (χ3n) is 4.17. The molecule has 5 heteroatoms. The van der Waals surface area contributed by atoms with Crippen molar-refractivity contribution in [2.75, 3.05) is 0 Å². The maximum absolute atomic E-state index is 11.8. The maximum atomic E-state index is 11.8. The minimum absolute atomic E-state index is 0.00406. The second kappa shape index (κ2) is 7.83. The van der Waals surface area contributed by atoms with Gasteiger partial charge in [0.1, 0.15) is 18.4 Å². The highest BCUT2D eigenvalue weighted by Gasteiger charge is 2.32. The van der Waals surface area contributed by atoms with Crippen LogP contribution in [0.5, 0.6) is 5.75 Å². The van der Waals surface area contributed by atoms with Gasteiger partial charge >= 0.3 is 5.97 Å². The highest BCUT2D eigenvalue weighted by atomic mass is 16.5. The summed E-state index contributed by atoms with van der Waals surface area (Å²) in [6, 6.07) is 16.3. The summed E-state index contributed by atoms with van der Waals surface area (Å²) in [7, 11) is 0. The molecular formula is C20H21NO4. The van der Waals surface area contributed by atoms with Crippen LogP contribution in [0.1, 0.15) is 24.0 Å². The predicted octanol–water partition coefficient (Wildman–Crippen LogP) is 2.79. The first kappa shape index (κ1) is 17.0. The molecule has 1 aliphatic rings. The zero-order valence-corrected chi connectivity index (χ0v) is 13.9. The summed E-state index contributed by atoms with van der Waals surface area (Å²) >= 11 is 0. The number of carboxylic acids is 1. The van der Waals surface area contributed by atoms with Crippen molar-refractivity contribution in [1.29, 1.82) is 0 Å². The Morgan fingerprint density at radius 3 is 2.32 bits per heavy atom. The lowest BCUT2D eigenvalue weighted by Gasteiger charge is -2.15. The van der Waals surface area contributed by atoms with E-state index >= 15 is 0 Å². The van der Waals surface area contributed by atoms with Crippen molar-refractivity contribution >= 4 is 11.9 Å². The smallest absolute Gasteiger partial charge is 0.326 e. The Morgan fingerprint density at radius 1 is 1.04 bits per heavy atom. The number of hydrogen-bond donors (Lipinski definition) is 2. The van der Waals surface area contributed by atoms with E-state index in [0.717, 1.165) is 29.7 Å². The molecule has 3 rings (SSSR count). The Hall–Kier alpha value is -2.82. The van der Waals surface area contributed by atoms with Crippen molar-refractivity contribution in [3.05, 3.63) is 65.7 Å². The molecule has 2 N–H and O–H groups in total. The van der Waals surface area contributed by atoms with Gasteiger partial charge in [-0.2, -0.15) is 0 Å². The third-order valence-corrected chi connectivity index (χ3v) is 4.17. The van der Waals surface area contributed by atoms with Gasteiger partial charge in [-0.3, -0.25) is 4.79 Å². The molecular weight excluding hydrogens is 318 g/mol. The van der Waals surface area contributed by atoms with Crippen LogP contribution < -0.4 is 10.1 Å². The number of nitrogens with one attached hydrogen (secondary N) is 1. The van der Waals surface area contributed by atoms with E-state index in [4.69, 9.17) is 4.74 Å². The normalized spacial score (nSPS) is 14.6. The Morgan fingerprint density at radius 2 is 1.72 bits per heavy atom. The second-order valence-electron chi connectivity index (χ2n) is 6.30. The summed E-state index contributed by atoms with van der Waals surface area (Å²) in [5.74, 6) is -0.453. The van der Waals surface area contributed by atoms with E-state index in [2.05, 4.69) is 5.32 Å². The van der Waals surface area contributed by atoms with E-state index in [-0.39, 0.29) is 18.2 Å². The van der Waals surface area contributed by atoms with Crippen molar-refractivity contribution in [2.24, 2.45) is 5.92 Å². The summed E-state index contributed by atoms with van der Waals surface area (Å²) in [4.78, 5) is 23.2. The number of carbonyl (C=O) groups excluding carboxylic acids is 1. The molecule has 1 fully saturated rings. The first-order valence-electron chi connectivity index (χ1n) is 8.40. The van der Waals surface area contributed by atoms with E-state index in [9.17, 15) is 14.7 Å². The molecule has 0 unspecified atom stereocenters. The summed E-state index contributed by atoms with van der Waals surface area (Å²) < 4.78 is 5.72.